The van der Waals surface area contributed by atoms with Crippen LogP contribution in [0, 0.1) is 29.0 Å². The highest BCUT2D eigenvalue weighted by Crippen LogP contribution is 2.49. The average molecular weight is 536 g/mol. The van der Waals surface area contributed by atoms with Gasteiger partial charge in [0.15, 0.2) is 0 Å². The molecule has 0 radical (unpaired) electrons. The number of amides is 3. The van der Waals surface area contributed by atoms with E-state index in [0.717, 1.165) is 17.4 Å². The lowest BCUT2D eigenvalue weighted by atomic mass is 9.71. The number of aromatic nitrogens is 1. The summed E-state index contributed by atoms with van der Waals surface area (Å²) in [4.78, 5) is 43.1. The van der Waals surface area contributed by atoms with Crippen molar-refractivity contribution in [3.05, 3.63) is 34.7 Å². The third kappa shape index (κ3) is 4.52. The molecule has 1 aromatic heterocycles. The van der Waals surface area contributed by atoms with E-state index in [1.54, 1.807) is 0 Å². The van der Waals surface area contributed by atoms with Crippen LogP contribution in [-0.2, 0) is 9.59 Å². The normalized spacial score (nSPS) is 27.4. The Morgan fingerprint density at radius 3 is 2.76 bits per heavy atom. The van der Waals surface area contributed by atoms with Crippen LogP contribution in [0.25, 0.3) is 10.9 Å². The molecule has 12 heteroatoms. The highest BCUT2D eigenvalue weighted by Gasteiger charge is 2.60. The minimum Gasteiger partial charge on any atom is -0.356 e. The van der Waals surface area contributed by atoms with Crippen molar-refractivity contribution in [1.29, 1.82) is 5.26 Å². The first-order valence-electron chi connectivity index (χ1n) is 12.3. The van der Waals surface area contributed by atoms with Crippen LogP contribution < -0.4 is 10.6 Å². The highest BCUT2D eigenvalue weighted by atomic mass is 35.5. The van der Waals surface area contributed by atoms with Crippen LogP contribution in [-0.4, -0.2) is 58.2 Å². The number of halogens is 4. The van der Waals surface area contributed by atoms with Crippen molar-refractivity contribution >= 4 is 40.2 Å². The van der Waals surface area contributed by atoms with E-state index in [0.29, 0.717) is 13.0 Å². The van der Waals surface area contributed by atoms with Crippen LogP contribution in [0.4, 0.5) is 13.2 Å². The van der Waals surface area contributed by atoms with Crippen LogP contribution in [0.2, 0.25) is 5.02 Å². The van der Waals surface area contributed by atoms with Gasteiger partial charge in [0.1, 0.15) is 23.6 Å². The Balaban J connectivity index is 1.43. The van der Waals surface area contributed by atoms with Gasteiger partial charge in [0.2, 0.25) is 11.8 Å². The molecule has 4 heterocycles. The molecular formula is C25H25ClF3N5O3. The van der Waals surface area contributed by atoms with E-state index in [1.807, 2.05) is 6.07 Å². The molecule has 2 bridgehead atoms. The molecule has 4 aliphatic rings. The molecule has 2 aromatic rings. The van der Waals surface area contributed by atoms with Gasteiger partial charge < -0.3 is 20.5 Å². The Bertz CT molecular complexity index is 1270. The van der Waals surface area contributed by atoms with Gasteiger partial charge in [0, 0.05) is 30.3 Å². The second kappa shape index (κ2) is 9.56. The van der Waals surface area contributed by atoms with Gasteiger partial charge in [-0.25, -0.2) is 13.2 Å². The summed E-state index contributed by atoms with van der Waals surface area (Å²) in [5, 5.41) is 15.1. The van der Waals surface area contributed by atoms with Gasteiger partial charge in [-0.1, -0.05) is 11.6 Å². The minimum absolute atomic E-state index is 0.0366. The van der Waals surface area contributed by atoms with Gasteiger partial charge in [0.25, 0.3) is 11.8 Å². The van der Waals surface area contributed by atoms with Crippen molar-refractivity contribution < 1.29 is 27.6 Å². The molecule has 8 nitrogen and oxygen atoms in total. The molecule has 0 spiro atoms. The number of hydrogen-bond donors (Lipinski definition) is 3. The third-order valence-electron chi connectivity index (χ3n) is 7.75. The van der Waals surface area contributed by atoms with Gasteiger partial charge in [-0.3, -0.25) is 14.4 Å². The maximum Gasteiger partial charge on any atom is 0.271 e. The molecule has 3 N–H and O–H groups in total. The van der Waals surface area contributed by atoms with E-state index in [4.69, 9.17) is 11.6 Å². The summed E-state index contributed by atoms with van der Waals surface area (Å²) in [6.07, 6.45) is 1.06. The second-order valence-electron chi connectivity index (χ2n) is 10.0. The maximum atomic E-state index is 15.0. The van der Waals surface area contributed by atoms with E-state index < -0.39 is 59.9 Å². The van der Waals surface area contributed by atoms with Crippen molar-refractivity contribution in [3.63, 3.8) is 0 Å². The SMILES string of the molecule is N#C[C@@H](C[C@@H]1CCCNC1=O)NC(=O)[C@@H]1[C@H]2CC[C@H](CC2(F)F)N1C(=O)c1cc2c(F)ccc(Cl)c2[nH]1. The molecule has 3 amide bonds. The summed E-state index contributed by atoms with van der Waals surface area (Å²) in [5.74, 6) is -7.52. The Morgan fingerprint density at radius 1 is 1.30 bits per heavy atom. The van der Waals surface area contributed by atoms with Crippen molar-refractivity contribution in [2.75, 3.05) is 6.54 Å². The van der Waals surface area contributed by atoms with Crippen molar-refractivity contribution in [2.24, 2.45) is 11.8 Å². The van der Waals surface area contributed by atoms with E-state index in [9.17, 15) is 32.8 Å². The van der Waals surface area contributed by atoms with Gasteiger partial charge in [-0.2, -0.15) is 5.26 Å². The minimum atomic E-state index is -3.18. The topological polar surface area (TPSA) is 118 Å². The maximum absolute atomic E-state index is 15.0. The number of nitrogens with one attached hydrogen (secondary N) is 3. The Kier molecular flexibility index (Phi) is 6.56. The molecule has 1 saturated carbocycles. The molecule has 1 aromatic carbocycles. The fraction of sp³-hybridized carbons (Fsp3) is 0.520. The molecule has 1 aliphatic carbocycles. The van der Waals surface area contributed by atoms with Crippen LogP contribution in [0.5, 0.6) is 0 Å². The number of piperidine rings is 3. The quantitative estimate of drug-likeness (QED) is 0.543. The third-order valence-corrected chi connectivity index (χ3v) is 8.07. The lowest BCUT2D eigenvalue weighted by molar-refractivity contribution is -0.179. The first kappa shape index (κ1) is 25.4. The van der Waals surface area contributed by atoms with E-state index in [1.165, 1.54) is 12.1 Å². The lowest BCUT2D eigenvalue weighted by Crippen LogP contribution is -2.68. The number of nitrogens with zero attached hydrogens (tertiary/aromatic N) is 2. The van der Waals surface area contributed by atoms with Crippen molar-refractivity contribution in [1.82, 2.24) is 20.5 Å². The second-order valence-corrected chi connectivity index (χ2v) is 10.4. The first-order chi connectivity index (χ1) is 17.6. The van der Waals surface area contributed by atoms with Crippen molar-refractivity contribution in [3.8, 4) is 6.07 Å². The summed E-state index contributed by atoms with van der Waals surface area (Å²) in [7, 11) is 0. The van der Waals surface area contributed by atoms with Crippen LogP contribution in [0.1, 0.15) is 49.0 Å². The largest absolute Gasteiger partial charge is 0.356 e. The van der Waals surface area contributed by atoms with Crippen LogP contribution >= 0.6 is 11.6 Å². The standard InChI is InChI=1S/C25H25ClF3N5O3/c26-17-5-6-18(27)15-9-19(33-20(15)17)24(37)34-14-3-4-16(25(28,29)10-14)21(34)23(36)32-13(11-30)8-12-2-1-7-31-22(12)35/h5-6,9,12-14,16,21,33H,1-4,7-8,10H2,(H,31,35)(H,32,36)/t12-,13+,14+,16+,21-/m0/s1. The molecule has 0 unspecified atom stereocenters. The zero-order chi connectivity index (χ0) is 26.5. The Morgan fingerprint density at radius 2 is 2.08 bits per heavy atom. The Hall–Kier alpha value is -3.26. The Labute approximate surface area is 215 Å². The first-order valence-corrected chi connectivity index (χ1v) is 12.6. The summed E-state index contributed by atoms with van der Waals surface area (Å²) in [6, 6.07) is 2.15. The number of H-pyrrole nitrogens is 1. The molecule has 3 saturated heterocycles. The van der Waals surface area contributed by atoms with E-state index in [-0.39, 0.29) is 46.8 Å². The van der Waals surface area contributed by atoms with E-state index >= 15 is 0 Å². The van der Waals surface area contributed by atoms with Gasteiger partial charge in [-0.05, 0) is 50.3 Å². The predicted molar refractivity (Wildman–Crippen MR) is 127 cm³/mol. The number of hydrogen-bond acceptors (Lipinski definition) is 4. The highest BCUT2D eigenvalue weighted by molar-refractivity contribution is 6.35. The van der Waals surface area contributed by atoms with Gasteiger partial charge in [0.05, 0.1) is 22.5 Å². The zero-order valence-corrected chi connectivity index (χ0v) is 20.5. The predicted octanol–water partition coefficient (Wildman–Crippen LogP) is 3.51. The number of fused-ring (bicyclic) bond motifs is 4. The molecule has 6 rings (SSSR count). The molecule has 5 atom stereocenters. The van der Waals surface area contributed by atoms with Crippen LogP contribution in [0.15, 0.2) is 18.2 Å². The number of carbonyl (C=O) groups is 3. The number of alkyl halides is 2. The smallest absolute Gasteiger partial charge is 0.271 e. The van der Waals surface area contributed by atoms with E-state index in [2.05, 4.69) is 15.6 Å². The number of rotatable bonds is 5. The fourth-order valence-electron chi connectivity index (χ4n) is 5.95. The number of nitriles is 1. The molecule has 37 heavy (non-hydrogen) atoms. The monoisotopic (exact) mass is 535 g/mol. The van der Waals surface area contributed by atoms with Crippen LogP contribution in [0.3, 0.4) is 0 Å². The summed E-state index contributed by atoms with van der Waals surface area (Å²) >= 11 is 6.13. The lowest BCUT2D eigenvalue weighted by Gasteiger charge is -2.53. The number of carbonyl (C=O) groups excluding carboxylic acids is 3. The van der Waals surface area contributed by atoms with Crippen molar-refractivity contribution in [2.45, 2.75) is 62.6 Å². The van der Waals surface area contributed by atoms with Gasteiger partial charge >= 0.3 is 0 Å². The summed E-state index contributed by atoms with van der Waals surface area (Å²) < 4.78 is 44.2. The number of benzene rings is 1. The molecule has 4 fully saturated rings. The molecule has 196 valence electrons. The zero-order valence-electron chi connectivity index (χ0n) is 19.7. The summed E-state index contributed by atoms with van der Waals surface area (Å²) in [5.41, 5.74) is 0.111. The number of aromatic amines is 1. The molecule has 3 aliphatic heterocycles. The molecular weight excluding hydrogens is 511 g/mol. The fourth-order valence-corrected chi connectivity index (χ4v) is 6.16. The summed E-state index contributed by atoms with van der Waals surface area (Å²) in [6.45, 7) is 0.541. The average Bonchev–Trinajstić information content (AvgIpc) is 3.33. The van der Waals surface area contributed by atoms with Gasteiger partial charge in [-0.15, -0.1) is 0 Å².